The van der Waals surface area contributed by atoms with Crippen molar-refractivity contribution >= 4 is 17.7 Å². The van der Waals surface area contributed by atoms with E-state index in [9.17, 15) is 9.90 Å². The van der Waals surface area contributed by atoms with Crippen LogP contribution in [-0.2, 0) is 6.42 Å². The molecule has 0 bridgehead atoms. The molecule has 0 unspecified atom stereocenters. The first kappa shape index (κ1) is 24.1. The number of amides is 1. The van der Waals surface area contributed by atoms with Crippen LogP contribution in [-0.4, -0.2) is 29.9 Å². The van der Waals surface area contributed by atoms with Gasteiger partial charge in [-0.3, -0.25) is 4.79 Å². The number of unbranched alkanes of at least 4 members (excludes halogenated alkanes) is 4. The number of nitrogens with one attached hydrogen (secondary N) is 1. The van der Waals surface area contributed by atoms with Crippen molar-refractivity contribution in [3.63, 3.8) is 0 Å². The zero-order chi connectivity index (χ0) is 21.6. The lowest BCUT2D eigenvalue weighted by atomic mass is 10.1. The Morgan fingerprint density at radius 2 is 1.73 bits per heavy atom. The average Bonchev–Trinajstić information content (AvgIpc) is 2.76. The van der Waals surface area contributed by atoms with E-state index in [0.29, 0.717) is 18.7 Å². The molecule has 0 saturated heterocycles. The maximum absolute atomic E-state index is 12.6. The molecule has 30 heavy (non-hydrogen) atoms. The van der Waals surface area contributed by atoms with E-state index in [-0.39, 0.29) is 11.7 Å². The predicted molar refractivity (Wildman–Crippen MR) is 126 cm³/mol. The van der Waals surface area contributed by atoms with Gasteiger partial charge in [0.2, 0.25) is 0 Å². The summed E-state index contributed by atoms with van der Waals surface area (Å²) in [5.74, 6) is 2.10. The number of hydrogen-bond donors (Lipinski definition) is 2. The number of carbonyl (C=O) groups is 1. The van der Waals surface area contributed by atoms with Crippen LogP contribution in [0.3, 0.4) is 0 Å². The lowest BCUT2D eigenvalue weighted by Gasteiger charge is -2.13. The number of aromatic hydroxyl groups is 1. The summed E-state index contributed by atoms with van der Waals surface area (Å²) in [4.78, 5) is 13.7. The molecule has 0 spiro atoms. The van der Waals surface area contributed by atoms with Gasteiger partial charge < -0.3 is 15.2 Å². The number of benzene rings is 2. The Morgan fingerprint density at radius 3 is 2.47 bits per heavy atom. The Morgan fingerprint density at radius 1 is 1.00 bits per heavy atom. The van der Waals surface area contributed by atoms with Crippen LogP contribution in [0.4, 0.5) is 0 Å². The Hall–Kier alpha value is -2.14. The topological polar surface area (TPSA) is 58.6 Å². The summed E-state index contributed by atoms with van der Waals surface area (Å²) in [5.41, 5.74) is 1.75. The summed E-state index contributed by atoms with van der Waals surface area (Å²) in [7, 11) is 0. The van der Waals surface area contributed by atoms with Gasteiger partial charge in [-0.25, -0.2) is 0 Å². The Kier molecular flexibility index (Phi) is 11.2. The molecule has 0 aliphatic carbocycles. The fourth-order valence-electron chi connectivity index (χ4n) is 3.03. The Balaban J connectivity index is 1.95. The minimum Gasteiger partial charge on any atom is -0.508 e. The summed E-state index contributed by atoms with van der Waals surface area (Å²) in [6.45, 7) is 5.66. The van der Waals surface area contributed by atoms with E-state index in [1.165, 1.54) is 32.1 Å². The average molecular weight is 430 g/mol. The predicted octanol–water partition coefficient (Wildman–Crippen LogP) is 6.22. The standard InChI is InChI=1S/C25H35NO3S/c1-3-5-7-17-29-23-14-11-21(19-24(23)30-18-8-6-4-2)25(28)26-16-15-20-9-12-22(27)13-10-20/h9-14,19,27H,3-8,15-18H2,1-2H3,(H,26,28). The van der Waals surface area contributed by atoms with Crippen LogP contribution in [0.1, 0.15) is 68.3 Å². The van der Waals surface area contributed by atoms with E-state index < -0.39 is 0 Å². The van der Waals surface area contributed by atoms with Crippen LogP contribution < -0.4 is 10.1 Å². The molecule has 5 heteroatoms. The van der Waals surface area contributed by atoms with Crippen molar-refractivity contribution in [2.24, 2.45) is 0 Å². The normalized spacial score (nSPS) is 10.7. The first-order chi connectivity index (χ1) is 14.6. The molecule has 164 valence electrons. The molecular formula is C25H35NO3S. The van der Waals surface area contributed by atoms with Crippen molar-refractivity contribution in [1.29, 1.82) is 0 Å². The van der Waals surface area contributed by atoms with Crippen molar-refractivity contribution in [2.75, 3.05) is 18.9 Å². The number of phenolic OH excluding ortho intramolecular Hbond substituents is 1. The molecule has 2 rings (SSSR count). The molecule has 0 fully saturated rings. The van der Waals surface area contributed by atoms with Gasteiger partial charge in [0.15, 0.2) is 0 Å². The molecular weight excluding hydrogens is 394 g/mol. The lowest BCUT2D eigenvalue weighted by Crippen LogP contribution is -2.25. The highest BCUT2D eigenvalue weighted by atomic mass is 32.2. The molecule has 1 amide bonds. The Bertz CT molecular complexity index is 761. The van der Waals surface area contributed by atoms with Crippen molar-refractivity contribution in [3.8, 4) is 11.5 Å². The van der Waals surface area contributed by atoms with Gasteiger partial charge in [0, 0.05) is 12.1 Å². The zero-order valence-corrected chi connectivity index (χ0v) is 19.1. The van der Waals surface area contributed by atoms with E-state index >= 15 is 0 Å². The molecule has 0 atom stereocenters. The van der Waals surface area contributed by atoms with Crippen LogP contribution in [0.25, 0.3) is 0 Å². The molecule has 0 aromatic heterocycles. The molecule has 2 aromatic carbocycles. The second-order valence-electron chi connectivity index (χ2n) is 7.44. The van der Waals surface area contributed by atoms with Gasteiger partial charge in [-0.1, -0.05) is 51.7 Å². The zero-order valence-electron chi connectivity index (χ0n) is 18.3. The highest BCUT2D eigenvalue weighted by Crippen LogP contribution is 2.31. The SMILES string of the molecule is CCCCCOc1ccc(C(=O)NCCc2ccc(O)cc2)cc1SCCCCC. The van der Waals surface area contributed by atoms with Crippen molar-refractivity contribution < 1.29 is 14.6 Å². The van der Waals surface area contributed by atoms with Crippen molar-refractivity contribution in [3.05, 3.63) is 53.6 Å². The Labute approximate surface area is 185 Å². The highest BCUT2D eigenvalue weighted by Gasteiger charge is 2.11. The largest absolute Gasteiger partial charge is 0.508 e. The van der Waals surface area contributed by atoms with Gasteiger partial charge in [-0.15, -0.1) is 11.8 Å². The summed E-state index contributed by atoms with van der Waals surface area (Å²) >= 11 is 1.78. The van der Waals surface area contributed by atoms with E-state index in [1.54, 1.807) is 23.9 Å². The maximum atomic E-state index is 12.6. The molecule has 2 aromatic rings. The third-order valence-corrected chi connectivity index (χ3v) is 5.98. The summed E-state index contributed by atoms with van der Waals surface area (Å²) < 4.78 is 6.01. The minimum atomic E-state index is -0.0679. The lowest BCUT2D eigenvalue weighted by molar-refractivity contribution is 0.0954. The van der Waals surface area contributed by atoms with Gasteiger partial charge in [0.1, 0.15) is 11.5 Å². The van der Waals surface area contributed by atoms with Crippen molar-refractivity contribution in [2.45, 2.75) is 63.7 Å². The molecule has 2 N–H and O–H groups in total. The van der Waals surface area contributed by atoms with Gasteiger partial charge >= 0.3 is 0 Å². The van der Waals surface area contributed by atoms with Gasteiger partial charge in [-0.05, 0) is 60.9 Å². The number of rotatable bonds is 14. The fraction of sp³-hybridized carbons (Fsp3) is 0.480. The van der Waals surface area contributed by atoms with Gasteiger partial charge in [0.25, 0.3) is 5.91 Å². The number of ether oxygens (including phenoxy) is 1. The fourth-order valence-corrected chi connectivity index (χ4v) is 4.08. The molecule has 0 radical (unpaired) electrons. The second kappa shape index (κ2) is 14.0. The third kappa shape index (κ3) is 8.70. The molecule has 0 saturated carbocycles. The first-order valence-corrected chi connectivity index (χ1v) is 12.1. The van der Waals surface area contributed by atoms with E-state index in [4.69, 9.17) is 4.74 Å². The number of thioether (sulfide) groups is 1. The quantitative estimate of drug-likeness (QED) is 0.277. The van der Waals surface area contributed by atoms with Crippen LogP contribution in [0.5, 0.6) is 11.5 Å². The number of phenols is 1. The van der Waals surface area contributed by atoms with E-state index in [0.717, 1.165) is 34.8 Å². The van der Waals surface area contributed by atoms with Crippen molar-refractivity contribution in [1.82, 2.24) is 5.32 Å². The number of carbonyl (C=O) groups excluding carboxylic acids is 1. The van der Waals surface area contributed by atoms with Crippen LogP contribution in [0, 0.1) is 0 Å². The second-order valence-corrected chi connectivity index (χ2v) is 8.58. The first-order valence-electron chi connectivity index (χ1n) is 11.1. The van der Waals surface area contributed by atoms with Gasteiger partial charge in [-0.2, -0.15) is 0 Å². The van der Waals surface area contributed by atoms with Crippen LogP contribution in [0.2, 0.25) is 0 Å². The summed E-state index contributed by atoms with van der Waals surface area (Å²) in [6, 6.07) is 12.8. The molecule has 0 aliphatic heterocycles. The molecule has 4 nitrogen and oxygen atoms in total. The molecule has 0 aliphatic rings. The highest BCUT2D eigenvalue weighted by molar-refractivity contribution is 7.99. The minimum absolute atomic E-state index is 0.0679. The molecule has 0 heterocycles. The third-order valence-electron chi connectivity index (χ3n) is 4.85. The monoisotopic (exact) mass is 429 g/mol. The summed E-state index contributed by atoms with van der Waals surface area (Å²) in [5, 5.41) is 12.4. The summed E-state index contributed by atoms with van der Waals surface area (Å²) in [6.07, 6.45) is 7.70. The number of hydrogen-bond acceptors (Lipinski definition) is 4. The van der Waals surface area contributed by atoms with Crippen LogP contribution >= 0.6 is 11.8 Å². The maximum Gasteiger partial charge on any atom is 0.251 e. The van der Waals surface area contributed by atoms with E-state index in [2.05, 4.69) is 19.2 Å². The smallest absolute Gasteiger partial charge is 0.251 e. The van der Waals surface area contributed by atoms with E-state index in [1.807, 2.05) is 30.3 Å². The van der Waals surface area contributed by atoms with Gasteiger partial charge in [0.05, 0.1) is 11.5 Å². The van der Waals surface area contributed by atoms with Crippen LogP contribution in [0.15, 0.2) is 47.4 Å².